The maximum atomic E-state index is 10.5. The van der Waals surface area contributed by atoms with E-state index in [1.165, 1.54) is 0 Å². The first-order valence-corrected chi connectivity index (χ1v) is 6.45. The van der Waals surface area contributed by atoms with Gasteiger partial charge in [0.25, 0.3) is 0 Å². The van der Waals surface area contributed by atoms with E-state index in [1.807, 2.05) is 32.0 Å². The van der Waals surface area contributed by atoms with E-state index in [0.717, 1.165) is 16.9 Å². The number of methoxy groups -OCH3 is 1. The van der Waals surface area contributed by atoms with Gasteiger partial charge < -0.3 is 14.6 Å². The third kappa shape index (κ3) is 3.47. The normalized spacial score (nSPS) is 14.6. The quantitative estimate of drug-likeness (QED) is 0.845. The van der Waals surface area contributed by atoms with Gasteiger partial charge in [-0.2, -0.15) is 0 Å². The summed E-state index contributed by atoms with van der Waals surface area (Å²) in [5.41, 5.74) is 1.93. The van der Waals surface area contributed by atoms with E-state index in [-0.39, 0.29) is 12.0 Å². The lowest BCUT2D eigenvalue weighted by Crippen LogP contribution is -2.28. The zero-order valence-electron chi connectivity index (χ0n) is 11.9. The Morgan fingerprint density at radius 2 is 1.94 bits per heavy atom. The van der Waals surface area contributed by atoms with E-state index in [2.05, 4.69) is 13.8 Å². The zero-order valence-corrected chi connectivity index (χ0v) is 11.9. The molecule has 0 aliphatic heterocycles. The SMILES string of the molecule is CCOC(C(C)C)C(O)c1ccc(OC)cc1C. The van der Waals surface area contributed by atoms with Crippen molar-refractivity contribution in [3.63, 3.8) is 0 Å². The van der Waals surface area contributed by atoms with Crippen LogP contribution in [0.3, 0.4) is 0 Å². The lowest BCUT2D eigenvalue weighted by atomic mass is 9.93. The fourth-order valence-corrected chi connectivity index (χ4v) is 2.12. The third-order valence-corrected chi connectivity index (χ3v) is 3.12. The highest BCUT2D eigenvalue weighted by Gasteiger charge is 2.25. The van der Waals surface area contributed by atoms with Gasteiger partial charge in [0.15, 0.2) is 0 Å². The van der Waals surface area contributed by atoms with E-state index in [9.17, 15) is 5.11 Å². The average molecular weight is 252 g/mol. The maximum absolute atomic E-state index is 10.5. The molecule has 18 heavy (non-hydrogen) atoms. The van der Waals surface area contributed by atoms with Gasteiger partial charge in [-0.1, -0.05) is 19.9 Å². The van der Waals surface area contributed by atoms with Crippen LogP contribution < -0.4 is 4.74 Å². The Morgan fingerprint density at radius 3 is 2.39 bits per heavy atom. The summed E-state index contributed by atoms with van der Waals surface area (Å²) < 4.78 is 10.8. The van der Waals surface area contributed by atoms with E-state index in [0.29, 0.717) is 6.61 Å². The predicted molar refractivity (Wildman–Crippen MR) is 72.9 cm³/mol. The van der Waals surface area contributed by atoms with Crippen LogP contribution >= 0.6 is 0 Å². The van der Waals surface area contributed by atoms with Crippen LogP contribution in [-0.2, 0) is 4.74 Å². The minimum absolute atomic E-state index is 0.179. The molecule has 1 N–H and O–H groups in total. The van der Waals surface area contributed by atoms with Crippen molar-refractivity contribution in [2.24, 2.45) is 5.92 Å². The molecule has 0 amide bonds. The summed E-state index contributed by atoms with van der Waals surface area (Å²) in [6.07, 6.45) is -0.780. The Kier molecular flexibility index (Phi) is 5.63. The summed E-state index contributed by atoms with van der Waals surface area (Å²) in [5.74, 6) is 1.07. The Bertz CT molecular complexity index is 374. The number of aliphatic hydroxyl groups excluding tert-OH is 1. The second-order valence-corrected chi connectivity index (χ2v) is 4.83. The number of benzene rings is 1. The van der Waals surface area contributed by atoms with Crippen LogP contribution in [0, 0.1) is 12.8 Å². The van der Waals surface area contributed by atoms with Crippen LogP contribution in [0.25, 0.3) is 0 Å². The molecule has 0 saturated heterocycles. The highest BCUT2D eigenvalue weighted by molar-refractivity contribution is 5.36. The Labute approximate surface area is 110 Å². The molecular formula is C15H24O3. The molecule has 2 atom stereocenters. The Balaban J connectivity index is 2.97. The fraction of sp³-hybridized carbons (Fsp3) is 0.600. The minimum Gasteiger partial charge on any atom is -0.497 e. The summed E-state index contributed by atoms with van der Waals surface area (Å²) in [7, 11) is 1.64. The molecule has 0 fully saturated rings. The van der Waals surface area contributed by atoms with Crippen LogP contribution in [0.4, 0.5) is 0 Å². The van der Waals surface area contributed by atoms with Crippen LogP contribution in [0.5, 0.6) is 5.75 Å². The van der Waals surface area contributed by atoms with Crippen LogP contribution in [0.2, 0.25) is 0 Å². The molecule has 0 saturated carbocycles. The maximum Gasteiger partial charge on any atom is 0.119 e. The van der Waals surface area contributed by atoms with E-state index in [1.54, 1.807) is 7.11 Å². The van der Waals surface area contributed by atoms with Crippen molar-refractivity contribution in [3.05, 3.63) is 29.3 Å². The molecule has 0 aliphatic carbocycles. The van der Waals surface area contributed by atoms with Crippen molar-refractivity contribution < 1.29 is 14.6 Å². The second kappa shape index (κ2) is 6.76. The molecule has 0 spiro atoms. The summed E-state index contributed by atoms with van der Waals surface area (Å²) >= 11 is 0. The van der Waals surface area contributed by atoms with Crippen molar-refractivity contribution in [3.8, 4) is 5.75 Å². The summed E-state index contributed by atoms with van der Waals surface area (Å²) in [6, 6.07) is 5.71. The van der Waals surface area contributed by atoms with Crippen LogP contribution in [-0.4, -0.2) is 24.9 Å². The lowest BCUT2D eigenvalue weighted by molar-refractivity contribution is -0.0587. The molecule has 2 unspecified atom stereocenters. The smallest absolute Gasteiger partial charge is 0.119 e. The van der Waals surface area contributed by atoms with Crippen LogP contribution in [0.15, 0.2) is 18.2 Å². The molecule has 1 rings (SSSR count). The van der Waals surface area contributed by atoms with Gasteiger partial charge in [0.1, 0.15) is 11.9 Å². The number of rotatable bonds is 6. The lowest BCUT2D eigenvalue weighted by Gasteiger charge is -2.27. The molecule has 0 aromatic heterocycles. The van der Waals surface area contributed by atoms with Crippen LogP contribution in [0.1, 0.15) is 38.0 Å². The number of ether oxygens (including phenoxy) is 2. The molecule has 0 bridgehead atoms. The molecule has 0 aliphatic rings. The first kappa shape index (κ1) is 15.0. The first-order chi connectivity index (χ1) is 8.51. The summed E-state index contributed by atoms with van der Waals surface area (Å²) in [6.45, 7) is 8.65. The van der Waals surface area contributed by atoms with Crippen molar-refractivity contribution >= 4 is 0 Å². The standard InChI is InChI=1S/C15H24O3/c1-6-18-15(10(2)3)14(16)13-8-7-12(17-5)9-11(13)4/h7-10,14-16H,6H2,1-5H3. The zero-order chi connectivity index (χ0) is 13.7. The number of aliphatic hydroxyl groups is 1. The monoisotopic (exact) mass is 252 g/mol. The van der Waals surface area contributed by atoms with Gasteiger partial charge in [-0.05, 0) is 43.0 Å². The molecule has 0 heterocycles. The molecule has 1 aromatic carbocycles. The van der Waals surface area contributed by atoms with Gasteiger partial charge >= 0.3 is 0 Å². The highest BCUT2D eigenvalue weighted by atomic mass is 16.5. The van der Waals surface area contributed by atoms with E-state index < -0.39 is 6.10 Å². The van der Waals surface area contributed by atoms with Gasteiger partial charge in [0.05, 0.1) is 13.2 Å². The van der Waals surface area contributed by atoms with Crippen molar-refractivity contribution in [1.29, 1.82) is 0 Å². The molecule has 102 valence electrons. The number of aryl methyl sites for hydroxylation is 1. The largest absolute Gasteiger partial charge is 0.497 e. The van der Waals surface area contributed by atoms with E-state index >= 15 is 0 Å². The second-order valence-electron chi connectivity index (χ2n) is 4.83. The molecule has 3 heteroatoms. The fourth-order valence-electron chi connectivity index (χ4n) is 2.12. The van der Waals surface area contributed by atoms with Crippen molar-refractivity contribution in [2.75, 3.05) is 13.7 Å². The number of hydrogen-bond donors (Lipinski definition) is 1. The van der Waals surface area contributed by atoms with Gasteiger partial charge in [-0.3, -0.25) is 0 Å². The third-order valence-electron chi connectivity index (χ3n) is 3.12. The Morgan fingerprint density at radius 1 is 1.28 bits per heavy atom. The highest BCUT2D eigenvalue weighted by Crippen LogP contribution is 2.29. The molecular weight excluding hydrogens is 228 g/mol. The predicted octanol–water partition coefficient (Wildman–Crippen LogP) is 3.10. The van der Waals surface area contributed by atoms with Gasteiger partial charge in [-0.25, -0.2) is 0 Å². The first-order valence-electron chi connectivity index (χ1n) is 6.45. The molecule has 3 nitrogen and oxygen atoms in total. The number of hydrogen-bond acceptors (Lipinski definition) is 3. The van der Waals surface area contributed by atoms with Crippen molar-refractivity contribution in [2.45, 2.75) is 39.9 Å². The van der Waals surface area contributed by atoms with Gasteiger partial charge in [0.2, 0.25) is 0 Å². The summed E-state index contributed by atoms with van der Waals surface area (Å²) in [4.78, 5) is 0. The summed E-state index contributed by atoms with van der Waals surface area (Å²) in [5, 5.41) is 10.5. The minimum atomic E-state index is -0.601. The van der Waals surface area contributed by atoms with Gasteiger partial charge in [0, 0.05) is 6.61 Å². The Hall–Kier alpha value is -1.06. The molecule has 0 radical (unpaired) electrons. The topological polar surface area (TPSA) is 38.7 Å². The van der Waals surface area contributed by atoms with Gasteiger partial charge in [-0.15, -0.1) is 0 Å². The van der Waals surface area contributed by atoms with Crippen molar-refractivity contribution in [1.82, 2.24) is 0 Å². The average Bonchev–Trinajstić information content (AvgIpc) is 2.34. The molecule has 1 aromatic rings. The van der Waals surface area contributed by atoms with E-state index in [4.69, 9.17) is 9.47 Å².